The van der Waals surface area contributed by atoms with Gasteiger partial charge in [0.05, 0.1) is 6.42 Å². The summed E-state index contributed by atoms with van der Waals surface area (Å²) in [7, 11) is 0. The van der Waals surface area contributed by atoms with Crippen molar-refractivity contribution in [2.75, 3.05) is 0 Å². The third-order valence-electron chi connectivity index (χ3n) is 3.78. The molecule has 3 heteroatoms. The molecule has 0 aliphatic heterocycles. The predicted octanol–water partition coefficient (Wildman–Crippen LogP) is 2.96. The Morgan fingerprint density at radius 1 is 1.26 bits per heavy atom. The first-order valence-corrected chi connectivity index (χ1v) is 6.82. The van der Waals surface area contributed by atoms with Gasteiger partial charge < -0.3 is 10.8 Å². The lowest BCUT2D eigenvalue weighted by Gasteiger charge is -2.32. The molecule has 1 aromatic rings. The Morgan fingerprint density at radius 3 is 2.16 bits per heavy atom. The number of benzene rings is 1. The minimum atomic E-state index is -0.814. The molecule has 3 N–H and O–H groups in total. The highest BCUT2D eigenvalue weighted by atomic mass is 16.4. The van der Waals surface area contributed by atoms with Gasteiger partial charge in [-0.15, -0.1) is 0 Å². The van der Waals surface area contributed by atoms with Crippen molar-refractivity contribution in [3.63, 3.8) is 0 Å². The van der Waals surface area contributed by atoms with Crippen LogP contribution in [0.4, 0.5) is 0 Å². The molecule has 0 amide bonds. The van der Waals surface area contributed by atoms with Crippen LogP contribution in [0.25, 0.3) is 0 Å². The lowest BCUT2D eigenvalue weighted by molar-refractivity contribution is -0.138. The van der Waals surface area contributed by atoms with E-state index in [2.05, 4.69) is 26.0 Å². The summed E-state index contributed by atoms with van der Waals surface area (Å²) >= 11 is 0. The summed E-state index contributed by atoms with van der Waals surface area (Å²) in [4.78, 5) is 11.0. The fourth-order valence-electron chi connectivity index (χ4n) is 2.33. The van der Waals surface area contributed by atoms with E-state index in [-0.39, 0.29) is 12.5 Å². The number of nitrogens with two attached hydrogens (primary N) is 1. The van der Waals surface area contributed by atoms with E-state index in [4.69, 9.17) is 10.8 Å². The molecular weight excluding hydrogens is 238 g/mol. The van der Waals surface area contributed by atoms with E-state index < -0.39 is 11.4 Å². The van der Waals surface area contributed by atoms with E-state index in [1.54, 1.807) is 0 Å². The fourth-order valence-corrected chi connectivity index (χ4v) is 2.33. The van der Waals surface area contributed by atoms with Crippen molar-refractivity contribution in [3.05, 3.63) is 35.4 Å². The summed E-state index contributed by atoms with van der Waals surface area (Å²) < 4.78 is 0. The molecule has 0 heterocycles. The number of hydrogen-bond donors (Lipinski definition) is 2. The third-order valence-corrected chi connectivity index (χ3v) is 3.78. The Hall–Kier alpha value is -1.35. The maximum Gasteiger partial charge on any atom is 0.304 e. The number of carbonyl (C=O) groups is 1. The summed E-state index contributed by atoms with van der Waals surface area (Å²) in [5.74, 6) is -0.198. The van der Waals surface area contributed by atoms with Crippen LogP contribution in [-0.4, -0.2) is 17.1 Å². The van der Waals surface area contributed by atoms with Gasteiger partial charge in [-0.2, -0.15) is 0 Å². The van der Waals surface area contributed by atoms with Crippen LogP contribution in [0.1, 0.15) is 45.2 Å². The van der Waals surface area contributed by atoms with E-state index in [1.165, 1.54) is 5.56 Å². The van der Waals surface area contributed by atoms with Crippen molar-refractivity contribution in [3.8, 4) is 0 Å². The molecule has 0 saturated carbocycles. The Kier molecular flexibility index (Phi) is 5.12. The standard InChI is InChI=1S/C16H25NO2/c1-11(2)9-13-5-7-14(8-6-13)16(4,12(3)17)10-15(18)19/h5-8,11-12H,9-10,17H2,1-4H3,(H,18,19). The summed E-state index contributed by atoms with van der Waals surface area (Å²) in [6.45, 7) is 8.16. The predicted molar refractivity (Wildman–Crippen MR) is 78.2 cm³/mol. The van der Waals surface area contributed by atoms with Gasteiger partial charge in [-0.05, 0) is 30.4 Å². The maximum atomic E-state index is 11.0. The van der Waals surface area contributed by atoms with Crippen molar-refractivity contribution < 1.29 is 9.90 Å². The van der Waals surface area contributed by atoms with Crippen molar-refractivity contribution in [1.29, 1.82) is 0 Å². The minimum absolute atomic E-state index is 0.0498. The highest BCUT2D eigenvalue weighted by Gasteiger charge is 2.33. The molecule has 0 fully saturated rings. The van der Waals surface area contributed by atoms with E-state index in [0.717, 1.165) is 12.0 Å². The van der Waals surface area contributed by atoms with Crippen LogP contribution in [0, 0.1) is 5.92 Å². The van der Waals surface area contributed by atoms with Crippen molar-refractivity contribution in [1.82, 2.24) is 0 Å². The number of hydrogen-bond acceptors (Lipinski definition) is 2. The topological polar surface area (TPSA) is 63.3 Å². The van der Waals surface area contributed by atoms with E-state index in [1.807, 2.05) is 26.0 Å². The minimum Gasteiger partial charge on any atom is -0.481 e. The van der Waals surface area contributed by atoms with Crippen LogP contribution in [0.15, 0.2) is 24.3 Å². The smallest absolute Gasteiger partial charge is 0.304 e. The first-order valence-electron chi connectivity index (χ1n) is 6.82. The van der Waals surface area contributed by atoms with Gasteiger partial charge in [0.2, 0.25) is 0 Å². The van der Waals surface area contributed by atoms with Gasteiger partial charge in [-0.1, -0.05) is 45.0 Å². The molecule has 0 spiro atoms. The molecule has 0 aliphatic rings. The van der Waals surface area contributed by atoms with Crippen molar-refractivity contribution in [2.45, 2.75) is 52.0 Å². The zero-order valence-electron chi connectivity index (χ0n) is 12.3. The average molecular weight is 263 g/mol. The molecule has 3 nitrogen and oxygen atoms in total. The van der Waals surface area contributed by atoms with Crippen molar-refractivity contribution >= 4 is 5.97 Å². The van der Waals surface area contributed by atoms with Crippen molar-refractivity contribution in [2.24, 2.45) is 11.7 Å². The average Bonchev–Trinajstić information content (AvgIpc) is 2.27. The second kappa shape index (κ2) is 6.20. The van der Waals surface area contributed by atoms with Gasteiger partial charge in [-0.25, -0.2) is 0 Å². The Labute approximate surface area is 115 Å². The molecule has 0 radical (unpaired) electrons. The largest absolute Gasteiger partial charge is 0.481 e. The molecule has 2 unspecified atom stereocenters. The molecule has 0 aromatic heterocycles. The van der Waals surface area contributed by atoms with Gasteiger partial charge in [-0.3, -0.25) is 4.79 Å². The first kappa shape index (κ1) is 15.7. The molecule has 1 aromatic carbocycles. The molecule has 0 bridgehead atoms. The van der Waals surface area contributed by atoms with Gasteiger partial charge in [0.1, 0.15) is 0 Å². The van der Waals surface area contributed by atoms with Crippen LogP contribution in [-0.2, 0) is 16.6 Å². The lowest BCUT2D eigenvalue weighted by Crippen LogP contribution is -2.42. The zero-order valence-corrected chi connectivity index (χ0v) is 12.3. The van der Waals surface area contributed by atoms with Gasteiger partial charge in [0.25, 0.3) is 0 Å². The van der Waals surface area contributed by atoms with Crippen LogP contribution < -0.4 is 5.73 Å². The number of rotatable bonds is 6. The molecule has 0 saturated heterocycles. The Bertz CT molecular complexity index is 423. The van der Waals surface area contributed by atoms with Crippen LogP contribution in [0.2, 0.25) is 0 Å². The number of carboxylic acids is 1. The third kappa shape index (κ3) is 4.06. The Morgan fingerprint density at radius 2 is 1.79 bits per heavy atom. The highest BCUT2D eigenvalue weighted by molar-refractivity contribution is 5.69. The van der Waals surface area contributed by atoms with Gasteiger partial charge >= 0.3 is 5.97 Å². The molecule has 2 atom stereocenters. The van der Waals surface area contributed by atoms with E-state index >= 15 is 0 Å². The normalized spacial score (nSPS) is 16.1. The SMILES string of the molecule is CC(C)Cc1ccc(C(C)(CC(=O)O)C(C)N)cc1. The highest BCUT2D eigenvalue weighted by Crippen LogP contribution is 2.31. The van der Waals surface area contributed by atoms with Crippen LogP contribution in [0.5, 0.6) is 0 Å². The summed E-state index contributed by atoms with van der Waals surface area (Å²) in [6.07, 6.45) is 1.09. The molecular formula is C16H25NO2. The molecule has 19 heavy (non-hydrogen) atoms. The van der Waals surface area contributed by atoms with Gasteiger partial charge in [0.15, 0.2) is 0 Å². The summed E-state index contributed by atoms with van der Waals surface area (Å²) in [6, 6.07) is 7.99. The molecule has 106 valence electrons. The summed E-state index contributed by atoms with van der Waals surface area (Å²) in [5, 5.41) is 9.08. The summed E-state index contributed by atoms with van der Waals surface area (Å²) in [5.41, 5.74) is 7.76. The lowest BCUT2D eigenvalue weighted by atomic mass is 9.74. The van der Waals surface area contributed by atoms with Crippen LogP contribution in [0.3, 0.4) is 0 Å². The first-order chi connectivity index (χ1) is 8.75. The number of carboxylic acid groups (broad SMARTS) is 1. The zero-order chi connectivity index (χ0) is 14.6. The quantitative estimate of drug-likeness (QED) is 0.829. The van der Waals surface area contributed by atoms with E-state index in [0.29, 0.717) is 5.92 Å². The second-order valence-electron chi connectivity index (χ2n) is 6.07. The monoisotopic (exact) mass is 263 g/mol. The molecule has 0 aliphatic carbocycles. The fraction of sp³-hybridized carbons (Fsp3) is 0.562. The number of aliphatic carboxylic acids is 1. The second-order valence-corrected chi connectivity index (χ2v) is 6.07. The van der Waals surface area contributed by atoms with E-state index in [9.17, 15) is 4.79 Å². The Balaban J connectivity index is 3.01. The molecule has 1 rings (SSSR count). The van der Waals surface area contributed by atoms with Crippen LogP contribution >= 0.6 is 0 Å². The maximum absolute atomic E-state index is 11.0. The van der Waals surface area contributed by atoms with Gasteiger partial charge in [0, 0.05) is 11.5 Å².